The highest BCUT2D eigenvalue weighted by atomic mass is 19.1. The van der Waals surface area contributed by atoms with E-state index in [1.54, 1.807) is 25.1 Å². The van der Waals surface area contributed by atoms with Gasteiger partial charge in [0.1, 0.15) is 11.6 Å². The fourth-order valence-electron chi connectivity index (χ4n) is 3.74. The number of Topliss-reactive ketones (excluding diaryl/α,β-unsaturated/α-hetero) is 1. The van der Waals surface area contributed by atoms with E-state index < -0.39 is 23.5 Å². The normalized spacial score (nSPS) is 17.8. The van der Waals surface area contributed by atoms with Crippen LogP contribution in [0.4, 0.5) is 4.39 Å². The van der Waals surface area contributed by atoms with Gasteiger partial charge in [-0.1, -0.05) is 6.07 Å². The maximum absolute atomic E-state index is 13.8. The van der Waals surface area contributed by atoms with E-state index in [2.05, 4.69) is 0 Å². The number of rotatable bonds is 7. The SMILES string of the molecule is COc1ccc(C2/C(=C(/O)c3ccc(F)c(C)c3)C(=O)C(=O)N2CCN(C)C)cc1OC. The molecule has 0 aromatic heterocycles. The molecule has 1 aliphatic rings. The summed E-state index contributed by atoms with van der Waals surface area (Å²) in [4.78, 5) is 29.3. The number of ketones is 1. The first kappa shape index (κ1) is 23.3. The van der Waals surface area contributed by atoms with Gasteiger partial charge in [-0.05, 0) is 62.5 Å². The minimum absolute atomic E-state index is 0.0491. The van der Waals surface area contributed by atoms with Gasteiger partial charge in [0.05, 0.1) is 25.8 Å². The summed E-state index contributed by atoms with van der Waals surface area (Å²) in [5.41, 5.74) is 1.12. The smallest absolute Gasteiger partial charge is 0.295 e. The van der Waals surface area contributed by atoms with Crippen molar-refractivity contribution in [3.63, 3.8) is 0 Å². The molecule has 2 aromatic rings. The quantitative estimate of drug-likeness (QED) is 0.403. The molecule has 32 heavy (non-hydrogen) atoms. The van der Waals surface area contributed by atoms with Gasteiger partial charge in [0, 0.05) is 18.7 Å². The van der Waals surface area contributed by atoms with Crippen molar-refractivity contribution in [2.75, 3.05) is 41.4 Å². The Morgan fingerprint density at radius 1 is 1.09 bits per heavy atom. The molecular weight excluding hydrogens is 415 g/mol. The first-order valence-corrected chi connectivity index (χ1v) is 10.1. The lowest BCUT2D eigenvalue weighted by Crippen LogP contribution is -2.35. The number of amides is 1. The van der Waals surface area contributed by atoms with Crippen molar-refractivity contribution in [1.29, 1.82) is 0 Å². The summed E-state index contributed by atoms with van der Waals surface area (Å²) >= 11 is 0. The van der Waals surface area contributed by atoms with Gasteiger partial charge in [0.25, 0.3) is 11.7 Å². The zero-order valence-corrected chi connectivity index (χ0v) is 18.8. The highest BCUT2D eigenvalue weighted by Gasteiger charge is 2.46. The Labute approximate surface area is 186 Å². The fraction of sp³-hybridized carbons (Fsp3) is 0.333. The number of likely N-dealkylation sites (tertiary alicyclic amines) is 1. The van der Waals surface area contributed by atoms with E-state index in [9.17, 15) is 19.1 Å². The van der Waals surface area contributed by atoms with E-state index >= 15 is 0 Å². The van der Waals surface area contributed by atoms with Crippen molar-refractivity contribution in [2.24, 2.45) is 0 Å². The number of benzene rings is 2. The van der Waals surface area contributed by atoms with Crippen LogP contribution in [0.2, 0.25) is 0 Å². The second-order valence-electron chi connectivity index (χ2n) is 7.87. The van der Waals surface area contributed by atoms with Gasteiger partial charge >= 0.3 is 0 Å². The van der Waals surface area contributed by atoms with E-state index in [0.717, 1.165) is 0 Å². The van der Waals surface area contributed by atoms with Gasteiger partial charge in [0.15, 0.2) is 11.5 Å². The molecule has 0 saturated carbocycles. The summed E-state index contributed by atoms with van der Waals surface area (Å²) in [6, 6.07) is 8.31. The van der Waals surface area contributed by atoms with Crippen molar-refractivity contribution in [1.82, 2.24) is 9.80 Å². The third-order valence-electron chi connectivity index (χ3n) is 5.48. The Balaban J connectivity index is 2.20. The van der Waals surface area contributed by atoms with Crippen LogP contribution in [0.5, 0.6) is 11.5 Å². The molecule has 170 valence electrons. The van der Waals surface area contributed by atoms with Crippen LogP contribution in [0, 0.1) is 12.7 Å². The summed E-state index contributed by atoms with van der Waals surface area (Å²) in [5, 5.41) is 11.1. The molecule has 2 aromatic carbocycles. The lowest BCUT2D eigenvalue weighted by atomic mass is 9.94. The predicted molar refractivity (Wildman–Crippen MR) is 118 cm³/mol. The van der Waals surface area contributed by atoms with Gasteiger partial charge in [-0.3, -0.25) is 9.59 Å². The monoisotopic (exact) mass is 442 g/mol. The number of aliphatic hydroxyl groups is 1. The molecule has 1 N–H and O–H groups in total. The highest BCUT2D eigenvalue weighted by molar-refractivity contribution is 6.46. The van der Waals surface area contributed by atoms with Crippen LogP contribution in [0.1, 0.15) is 22.7 Å². The summed E-state index contributed by atoms with van der Waals surface area (Å²) in [7, 11) is 6.73. The number of hydrogen-bond acceptors (Lipinski definition) is 6. The zero-order chi connectivity index (χ0) is 23.6. The van der Waals surface area contributed by atoms with Crippen LogP contribution in [0.3, 0.4) is 0 Å². The summed E-state index contributed by atoms with van der Waals surface area (Å²) < 4.78 is 24.4. The molecule has 1 heterocycles. The number of carbonyl (C=O) groups excluding carboxylic acids is 2. The Morgan fingerprint density at radius 2 is 1.78 bits per heavy atom. The Hall–Kier alpha value is -3.39. The van der Waals surface area contributed by atoms with Gasteiger partial charge in [-0.2, -0.15) is 0 Å². The van der Waals surface area contributed by atoms with Crippen molar-refractivity contribution in [3.8, 4) is 11.5 Å². The largest absolute Gasteiger partial charge is 0.507 e. The van der Waals surface area contributed by atoms with E-state index in [1.165, 1.54) is 37.3 Å². The topological polar surface area (TPSA) is 79.3 Å². The highest BCUT2D eigenvalue weighted by Crippen LogP contribution is 2.41. The van der Waals surface area contributed by atoms with E-state index in [1.807, 2.05) is 19.0 Å². The number of likely N-dealkylation sites (N-methyl/N-ethyl adjacent to an activating group) is 1. The molecule has 0 aliphatic carbocycles. The number of aliphatic hydroxyl groups excluding tert-OH is 1. The van der Waals surface area contributed by atoms with E-state index in [0.29, 0.717) is 29.2 Å². The Morgan fingerprint density at radius 3 is 2.38 bits per heavy atom. The standard InChI is InChI=1S/C24H27FN2O5/c1-14-12-16(6-8-17(14)25)22(28)20-21(15-7-9-18(31-4)19(13-15)32-5)27(11-10-26(2)3)24(30)23(20)29/h6-9,12-13,21,28H,10-11H2,1-5H3/b22-20-. The average molecular weight is 442 g/mol. The molecule has 0 spiro atoms. The maximum atomic E-state index is 13.8. The molecule has 3 rings (SSSR count). The summed E-state index contributed by atoms with van der Waals surface area (Å²) in [5.74, 6) is -1.34. The average Bonchev–Trinajstić information content (AvgIpc) is 3.03. The summed E-state index contributed by atoms with van der Waals surface area (Å²) in [6.45, 7) is 2.36. The number of carbonyl (C=O) groups is 2. The predicted octanol–water partition coefficient (Wildman–Crippen LogP) is 3.13. The number of nitrogens with zero attached hydrogens (tertiary/aromatic N) is 2. The molecule has 8 heteroatoms. The Kier molecular flexibility index (Phi) is 6.84. The lowest BCUT2D eigenvalue weighted by molar-refractivity contribution is -0.140. The zero-order valence-electron chi connectivity index (χ0n) is 18.8. The molecule has 1 atom stereocenters. The van der Waals surface area contributed by atoms with Crippen LogP contribution in [-0.4, -0.2) is 68.0 Å². The second-order valence-corrected chi connectivity index (χ2v) is 7.87. The van der Waals surface area contributed by atoms with Crippen molar-refractivity contribution in [2.45, 2.75) is 13.0 Å². The molecule has 1 amide bonds. The molecular formula is C24H27FN2O5. The van der Waals surface area contributed by atoms with Crippen molar-refractivity contribution in [3.05, 3.63) is 64.5 Å². The number of halogens is 1. The third-order valence-corrected chi connectivity index (χ3v) is 5.48. The molecule has 1 saturated heterocycles. The van der Waals surface area contributed by atoms with Gasteiger partial charge in [-0.25, -0.2) is 4.39 Å². The lowest BCUT2D eigenvalue weighted by Gasteiger charge is -2.27. The number of methoxy groups -OCH3 is 2. The van der Waals surface area contributed by atoms with Crippen LogP contribution >= 0.6 is 0 Å². The first-order valence-electron chi connectivity index (χ1n) is 10.1. The molecule has 0 radical (unpaired) electrons. The van der Waals surface area contributed by atoms with Crippen molar-refractivity contribution < 1.29 is 28.6 Å². The molecule has 0 bridgehead atoms. The Bertz CT molecular complexity index is 1080. The number of ether oxygens (including phenoxy) is 2. The number of aryl methyl sites for hydroxylation is 1. The van der Waals surface area contributed by atoms with Crippen LogP contribution in [-0.2, 0) is 9.59 Å². The van der Waals surface area contributed by atoms with Gasteiger partial charge in [0.2, 0.25) is 0 Å². The van der Waals surface area contributed by atoms with Gasteiger partial charge < -0.3 is 24.4 Å². The van der Waals surface area contributed by atoms with Crippen LogP contribution < -0.4 is 9.47 Å². The fourth-order valence-corrected chi connectivity index (χ4v) is 3.74. The molecule has 1 aliphatic heterocycles. The third kappa shape index (κ3) is 4.31. The second kappa shape index (κ2) is 9.40. The van der Waals surface area contributed by atoms with Crippen LogP contribution in [0.25, 0.3) is 5.76 Å². The molecule has 7 nitrogen and oxygen atoms in total. The van der Waals surface area contributed by atoms with Crippen LogP contribution in [0.15, 0.2) is 42.0 Å². The number of hydrogen-bond donors (Lipinski definition) is 1. The van der Waals surface area contributed by atoms with Crippen molar-refractivity contribution >= 4 is 17.4 Å². The summed E-state index contributed by atoms with van der Waals surface area (Å²) in [6.07, 6.45) is 0. The minimum Gasteiger partial charge on any atom is -0.507 e. The van der Waals surface area contributed by atoms with E-state index in [-0.39, 0.29) is 23.4 Å². The molecule has 1 unspecified atom stereocenters. The molecule has 1 fully saturated rings. The van der Waals surface area contributed by atoms with Gasteiger partial charge in [-0.15, -0.1) is 0 Å². The maximum Gasteiger partial charge on any atom is 0.295 e. The van der Waals surface area contributed by atoms with E-state index in [4.69, 9.17) is 9.47 Å². The minimum atomic E-state index is -0.833. The first-order chi connectivity index (χ1) is 15.2.